The summed E-state index contributed by atoms with van der Waals surface area (Å²) in [6, 6.07) is 8.08. The Balaban J connectivity index is 1.97. The minimum atomic E-state index is -3.11. The second kappa shape index (κ2) is 5.06. The molecule has 0 amide bonds. The van der Waals surface area contributed by atoms with Gasteiger partial charge in [-0.3, -0.25) is 0 Å². The molecule has 0 saturated carbocycles. The molecule has 1 aromatic rings. The third kappa shape index (κ3) is 3.71. The molecule has 1 aliphatic rings. The maximum absolute atomic E-state index is 11.0. The average molecular weight is 254 g/mol. The Morgan fingerprint density at radius 2 is 1.76 bits per heavy atom. The maximum atomic E-state index is 11.0. The van der Waals surface area contributed by atoms with E-state index in [4.69, 9.17) is 0 Å². The van der Waals surface area contributed by atoms with Crippen molar-refractivity contribution >= 4 is 15.7 Å². The van der Waals surface area contributed by atoms with Crippen LogP contribution >= 0.6 is 0 Å². The summed E-state index contributed by atoms with van der Waals surface area (Å²) in [6.45, 7) is 2.61. The van der Waals surface area contributed by atoms with E-state index in [0.29, 0.717) is 6.54 Å². The zero-order valence-corrected chi connectivity index (χ0v) is 10.8. The lowest BCUT2D eigenvalue weighted by molar-refractivity contribution is 0.587. The predicted molar refractivity (Wildman–Crippen MR) is 69.6 cm³/mol. The van der Waals surface area contributed by atoms with Crippen LogP contribution in [-0.4, -0.2) is 27.8 Å². The summed E-state index contributed by atoms with van der Waals surface area (Å²) in [5.41, 5.74) is 2.21. The summed E-state index contributed by atoms with van der Waals surface area (Å²) in [5, 5.41) is 0. The number of hydrogen-bond acceptors (Lipinski definition) is 3. The molecule has 0 atom stereocenters. The predicted octanol–water partition coefficient (Wildman–Crippen LogP) is 1.34. The average Bonchev–Trinajstić information content (AvgIpc) is 2.79. The topological polar surface area (TPSA) is 49.4 Å². The Kier molecular flexibility index (Phi) is 3.69. The molecule has 1 fully saturated rings. The molecular weight excluding hydrogens is 236 g/mol. The molecule has 5 heteroatoms. The van der Waals surface area contributed by atoms with Crippen molar-refractivity contribution in [3.8, 4) is 0 Å². The highest BCUT2D eigenvalue weighted by Crippen LogP contribution is 2.20. The quantitative estimate of drug-likeness (QED) is 0.882. The van der Waals surface area contributed by atoms with Crippen LogP contribution in [0.1, 0.15) is 18.4 Å². The van der Waals surface area contributed by atoms with Gasteiger partial charge in [0.25, 0.3) is 0 Å². The molecule has 4 nitrogen and oxygen atoms in total. The van der Waals surface area contributed by atoms with Crippen molar-refractivity contribution in [2.75, 3.05) is 24.2 Å². The van der Waals surface area contributed by atoms with Crippen molar-refractivity contribution in [2.24, 2.45) is 0 Å². The van der Waals surface area contributed by atoms with Crippen LogP contribution in [-0.2, 0) is 16.6 Å². The Hall–Kier alpha value is -1.07. The fraction of sp³-hybridized carbons (Fsp3) is 0.500. The van der Waals surface area contributed by atoms with Crippen LogP contribution in [0.3, 0.4) is 0 Å². The molecule has 0 spiro atoms. The first kappa shape index (κ1) is 12.4. The zero-order chi connectivity index (χ0) is 12.3. The van der Waals surface area contributed by atoms with Gasteiger partial charge in [-0.05, 0) is 30.5 Å². The number of sulfonamides is 1. The SMILES string of the molecule is CS(=O)(=O)NCc1ccc(N2CCCC2)cc1. The first-order chi connectivity index (χ1) is 8.04. The molecule has 94 valence electrons. The molecule has 1 N–H and O–H groups in total. The smallest absolute Gasteiger partial charge is 0.209 e. The molecular formula is C12H18N2O2S. The minimum absolute atomic E-state index is 0.360. The van der Waals surface area contributed by atoms with E-state index in [1.54, 1.807) is 0 Å². The molecule has 0 aromatic heterocycles. The number of nitrogens with zero attached hydrogens (tertiary/aromatic N) is 1. The summed E-state index contributed by atoms with van der Waals surface area (Å²) >= 11 is 0. The first-order valence-corrected chi connectivity index (χ1v) is 7.72. The highest BCUT2D eigenvalue weighted by Gasteiger charge is 2.11. The Morgan fingerprint density at radius 3 is 2.29 bits per heavy atom. The molecule has 1 heterocycles. The highest BCUT2D eigenvalue weighted by molar-refractivity contribution is 7.88. The van der Waals surface area contributed by atoms with Gasteiger partial charge in [0.2, 0.25) is 10.0 Å². The van der Waals surface area contributed by atoms with E-state index in [1.165, 1.54) is 24.8 Å². The minimum Gasteiger partial charge on any atom is -0.372 e. The molecule has 17 heavy (non-hydrogen) atoms. The number of benzene rings is 1. The number of hydrogen-bond donors (Lipinski definition) is 1. The van der Waals surface area contributed by atoms with E-state index < -0.39 is 10.0 Å². The van der Waals surface area contributed by atoms with Gasteiger partial charge in [0.05, 0.1) is 6.26 Å². The highest BCUT2D eigenvalue weighted by atomic mass is 32.2. The summed E-state index contributed by atoms with van der Waals surface area (Å²) in [6.07, 6.45) is 3.69. The number of anilines is 1. The lowest BCUT2D eigenvalue weighted by atomic mass is 10.2. The van der Waals surface area contributed by atoms with Gasteiger partial charge in [0, 0.05) is 25.3 Å². The van der Waals surface area contributed by atoms with E-state index in [-0.39, 0.29) is 0 Å². The summed E-state index contributed by atoms with van der Waals surface area (Å²) in [4.78, 5) is 2.35. The van der Waals surface area contributed by atoms with Gasteiger partial charge in [-0.25, -0.2) is 13.1 Å². The lowest BCUT2D eigenvalue weighted by Crippen LogP contribution is -2.21. The Morgan fingerprint density at radius 1 is 1.18 bits per heavy atom. The van der Waals surface area contributed by atoms with E-state index in [9.17, 15) is 8.42 Å². The van der Waals surface area contributed by atoms with E-state index >= 15 is 0 Å². The van der Waals surface area contributed by atoms with Crippen molar-refractivity contribution in [1.82, 2.24) is 4.72 Å². The van der Waals surface area contributed by atoms with Crippen LogP contribution in [0.4, 0.5) is 5.69 Å². The van der Waals surface area contributed by atoms with E-state index in [0.717, 1.165) is 18.7 Å². The van der Waals surface area contributed by atoms with Gasteiger partial charge in [0.1, 0.15) is 0 Å². The second-order valence-corrected chi connectivity index (χ2v) is 6.29. The molecule has 2 rings (SSSR count). The van der Waals surface area contributed by atoms with E-state index in [2.05, 4.69) is 21.8 Å². The molecule has 0 bridgehead atoms. The van der Waals surface area contributed by atoms with Gasteiger partial charge >= 0.3 is 0 Å². The van der Waals surface area contributed by atoms with Gasteiger partial charge in [-0.15, -0.1) is 0 Å². The fourth-order valence-corrected chi connectivity index (χ4v) is 2.44. The van der Waals surface area contributed by atoms with Crippen molar-refractivity contribution in [2.45, 2.75) is 19.4 Å². The standard InChI is InChI=1S/C12H18N2O2S/c1-17(15,16)13-10-11-4-6-12(7-5-11)14-8-2-3-9-14/h4-7,13H,2-3,8-10H2,1H3. The third-order valence-corrected chi connectivity index (χ3v) is 3.61. The van der Waals surface area contributed by atoms with Crippen LogP contribution < -0.4 is 9.62 Å². The lowest BCUT2D eigenvalue weighted by Gasteiger charge is -2.17. The van der Waals surface area contributed by atoms with Crippen molar-refractivity contribution in [3.63, 3.8) is 0 Å². The van der Waals surface area contributed by atoms with Crippen molar-refractivity contribution in [1.29, 1.82) is 0 Å². The van der Waals surface area contributed by atoms with Crippen molar-refractivity contribution in [3.05, 3.63) is 29.8 Å². The second-order valence-electron chi connectivity index (χ2n) is 4.45. The third-order valence-electron chi connectivity index (χ3n) is 2.95. The van der Waals surface area contributed by atoms with Crippen LogP contribution in [0.15, 0.2) is 24.3 Å². The van der Waals surface area contributed by atoms with Gasteiger partial charge in [-0.2, -0.15) is 0 Å². The van der Waals surface area contributed by atoms with Gasteiger partial charge < -0.3 is 4.90 Å². The molecule has 0 radical (unpaired) electrons. The normalized spacial score (nSPS) is 16.4. The van der Waals surface area contributed by atoms with E-state index in [1.807, 2.05) is 12.1 Å². The van der Waals surface area contributed by atoms with Gasteiger partial charge in [0.15, 0.2) is 0 Å². The summed E-state index contributed by atoms with van der Waals surface area (Å²) < 4.78 is 24.4. The maximum Gasteiger partial charge on any atom is 0.209 e. The Bertz CT molecular complexity index is 462. The van der Waals surface area contributed by atoms with Crippen LogP contribution in [0.5, 0.6) is 0 Å². The first-order valence-electron chi connectivity index (χ1n) is 5.83. The van der Waals surface area contributed by atoms with Crippen LogP contribution in [0, 0.1) is 0 Å². The van der Waals surface area contributed by atoms with Crippen LogP contribution in [0.2, 0.25) is 0 Å². The van der Waals surface area contributed by atoms with Crippen molar-refractivity contribution < 1.29 is 8.42 Å². The summed E-state index contributed by atoms with van der Waals surface area (Å²) in [5.74, 6) is 0. The molecule has 1 aromatic carbocycles. The molecule has 0 unspecified atom stereocenters. The fourth-order valence-electron chi connectivity index (χ4n) is 2.01. The number of rotatable bonds is 4. The monoisotopic (exact) mass is 254 g/mol. The largest absolute Gasteiger partial charge is 0.372 e. The van der Waals surface area contributed by atoms with Gasteiger partial charge in [-0.1, -0.05) is 12.1 Å². The molecule has 1 aliphatic heterocycles. The Labute approximate surface area is 103 Å². The number of nitrogens with one attached hydrogen (secondary N) is 1. The zero-order valence-electron chi connectivity index (χ0n) is 10.0. The molecule has 0 aliphatic carbocycles. The van der Waals surface area contributed by atoms with Crippen LogP contribution in [0.25, 0.3) is 0 Å². The molecule has 1 saturated heterocycles. The summed E-state index contributed by atoms with van der Waals surface area (Å²) in [7, 11) is -3.11.